The van der Waals surface area contributed by atoms with Gasteiger partial charge in [-0.15, -0.1) is 11.3 Å². The number of hydrogen-bond acceptors (Lipinski definition) is 4. The fourth-order valence-electron chi connectivity index (χ4n) is 2.22. The van der Waals surface area contributed by atoms with Crippen LogP contribution in [-0.2, 0) is 6.42 Å². The van der Waals surface area contributed by atoms with Crippen LogP contribution in [0.3, 0.4) is 0 Å². The van der Waals surface area contributed by atoms with Crippen molar-refractivity contribution in [1.29, 1.82) is 0 Å². The Morgan fingerprint density at radius 3 is 2.90 bits per heavy atom. The maximum absolute atomic E-state index is 6.22. The summed E-state index contributed by atoms with van der Waals surface area (Å²) in [5.41, 5.74) is 2.12. The van der Waals surface area contributed by atoms with Crippen LogP contribution in [0.4, 0.5) is 0 Å². The Morgan fingerprint density at radius 1 is 1.30 bits per heavy atom. The Morgan fingerprint density at radius 2 is 2.15 bits per heavy atom. The van der Waals surface area contributed by atoms with Gasteiger partial charge in [0.2, 0.25) is 0 Å². The molecule has 1 atom stereocenters. The Kier molecular flexibility index (Phi) is 3.96. The van der Waals surface area contributed by atoms with Gasteiger partial charge < -0.3 is 5.32 Å². The van der Waals surface area contributed by atoms with Gasteiger partial charge in [0.15, 0.2) is 0 Å². The second-order valence-corrected chi connectivity index (χ2v) is 6.04. The molecule has 0 saturated heterocycles. The van der Waals surface area contributed by atoms with Crippen LogP contribution in [0.25, 0.3) is 10.2 Å². The van der Waals surface area contributed by atoms with Crippen molar-refractivity contribution in [2.45, 2.75) is 12.5 Å². The number of rotatable bonds is 4. The molecule has 2 aromatic heterocycles. The maximum Gasteiger partial charge on any atom is 0.0957 e. The van der Waals surface area contributed by atoms with E-state index in [-0.39, 0.29) is 6.04 Å². The van der Waals surface area contributed by atoms with Crippen molar-refractivity contribution in [3.05, 3.63) is 58.3 Å². The summed E-state index contributed by atoms with van der Waals surface area (Å²) in [4.78, 5) is 8.71. The predicted octanol–water partition coefficient (Wildman–Crippen LogP) is 3.85. The number of pyridine rings is 1. The summed E-state index contributed by atoms with van der Waals surface area (Å²) < 4.78 is 1.22. The van der Waals surface area contributed by atoms with Crippen molar-refractivity contribution in [3.63, 3.8) is 0 Å². The highest BCUT2D eigenvalue weighted by atomic mass is 35.5. The molecule has 0 bridgehead atoms. The predicted molar refractivity (Wildman–Crippen MR) is 84.4 cm³/mol. The number of nitrogens with one attached hydrogen (secondary N) is 1. The molecule has 3 aromatic rings. The lowest BCUT2D eigenvalue weighted by Crippen LogP contribution is -2.19. The minimum absolute atomic E-state index is 0.145. The quantitative estimate of drug-likeness (QED) is 0.795. The van der Waals surface area contributed by atoms with Crippen molar-refractivity contribution < 1.29 is 0 Å². The Hall–Kier alpha value is -1.49. The van der Waals surface area contributed by atoms with Gasteiger partial charge in [0, 0.05) is 24.9 Å². The Balaban J connectivity index is 1.90. The second kappa shape index (κ2) is 5.87. The van der Waals surface area contributed by atoms with Crippen LogP contribution in [0, 0.1) is 0 Å². The molecular formula is C15H14ClN3S. The van der Waals surface area contributed by atoms with E-state index in [0.29, 0.717) is 5.02 Å². The van der Waals surface area contributed by atoms with Crippen LogP contribution in [-0.4, -0.2) is 17.0 Å². The van der Waals surface area contributed by atoms with Crippen LogP contribution in [0.15, 0.2) is 42.7 Å². The lowest BCUT2D eigenvalue weighted by atomic mass is 10.1. The third-order valence-electron chi connectivity index (χ3n) is 3.24. The summed E-state index contributed by atoms with van der Waals surface area (Å²) in [6.45, 7) is 0. The van der Waals surface area contributed by atoms with Gasteiger partial charge in [-0.1, -0.05) is 23.7 Å². The molecule has 102 valence electrons. The van der Waals surface area contributed by atoms with E-state index in [4.69, 9.17) is 11.6 Å². The third kappa shape index (κ3) is 2.68. The zero-order valence-electron chi connectivity index (χ0n) is 11.0. The van der Waals surface area contributed by atoms with Crippen molar-refractivity contribution in [3.8, 4) is 0 Å². The maximum atomic E-state index is 6.22. The molecule has 3 nitrogen and oxygen atoms in total. The third-order valence-corrected chi connectivity index (χ3v) is 4.62. The first kappa shape index (κ1) is 13.5. The van der Waals surface area contributed by atoms with Crippen LogP contribution < -0.4 is 5.32 Å². The summed E-state index contributed by atoms with van der Waals surface area (Å²) in [5.74, 6) is 0. The standard InChI is InChI=1S/C15H14ClN3S/c1-17-13(10-6-7-18-9-11(10)16)8-15-19-12-4-2-3-5-14(12)20-15/h2-7,9,13,17H,8H2,1H3. The molecule has 1 unspecified atom stereocenters. The van der Waals surface area contributed by atoms with Gasteiger partial charge in [-0.25, -0.2) is 4.98 Å². The summed E-state index contributed by atoms with van der Waals surface area (Å²) in [7, 11) is 1.94. The number of benzene rings is 1. The number of fused-ring (bicyclic) bond motifs is 1. The van der Waals surface area contributed by atoms with Gasteiger partial charge in [0.05, 0.1) is 20.2 Å². The highest BCUT2D eigenvalue weighted by Gasteiger charge is 2.15. The first-order valence-corrected chi connectivity index (χ1v) is 7.58. The van der Waals surface area contributed by atoms with Crippen LogP contribution in [0.1, 0.15) is 16.6 Å². The number of para-hydroxylation sites is 1. The lowest BCUT2D eigenvalue weighted by Gasteiger charge is -2.16. The SMILES string of the molecule is CNC(Cc1nc2ccccc2s1)c1ccncc1Cl. The molecule has 0 aliphatic heterocycles. The van der Waals surface area contributed by atoms with E-state index in [9.17, 15) is 0 Å². The van der Waals surface area contributed by atoms with E-state index in [2.05, 4.69) is 21.4 Å². The number of halogens is 1. The summed E-state index contributed by atoms with van der Waals surface area (Å²) >= 11 is 7.95. The zero-order valence-corrected chi connectivity index (χ0v) is 12.6. The van der Waals surface area contributed by atoms with Crippen molar-refractivity contribution in [2.75, 3.05) is 7.05 Å². The van der Waals surface area contributed by atoms with Crippen LogP contribution in [0.5, 0.6) is 0 Å². The number of aromatic nitrogens is 2. The molecule has 3 rings (SSSR count). The fraction of sp³-hybridized carbons (Fsp3) is 0.200. The van der Waals surface area contributed by atoms with Gasteiger partial charge in [0.1, 0.15) is 0 Å². The highest BCUT2D eigenvalue weighted by molar-refractivity contribution is 7.18. The molecule has 0 amide bonds. The molecular weight excluding hydrogens is 290 g/mol. The first-order valence-electron chi connectivity index (χ1n) is 6.39. The molecule has 20 heavy (non-hydrogen) atoms. The van der Waals surface area contributed by atoms with Gasteiger partial charge in [-0.05, 0) is 30.8 Å². The molecule has 0 spiro atoms. The molecule has 0 aliphatic rings. The molecule has 0 radical (unpaired) electrons. The van der Waals surface area contributed by atoms with Gasteiger partial charge in [0.25, 0.3) is 0 Å². The summed E-state index contributed by atoms with van der Waals surface area (Å²) in [6, 6.07) is 10.3. The van der Waals surface area contributed by atoms with E-state index < -0.39 is 0 Å². The number of nitrogens with zero attached hydrogens (tertiary/aromatic N) is 2. The monoisotopic (exact) mass is 303 g/mol. The van der Waals surface area contributed by atoms with E-state index in [0.717, 1.165) is 22.5 Å². The summed E-state index contributed by atoms with van der Waals surface area (Å²) in [6.07, 6.45) is 4.27. The van der Waals surface area contributed by atoms with Crippen molar-refractivity contribution >= 4 is 33.2 Å². The summed E-state index contributed by atoms with van der Waals surface area (Å²) in [5, 5.41) is 5.10. The highest BCUT2D eigenvalue weighted by Crippen LogP contribution is 2.28. The van der Waals surface area contributed by atoms with Crippen LogP contribution >= 0.6 is 22.9 Å². The topological polar surface area (TPSA) is 37.8 Å². The van der Waals surface area contributed by atoms with Crippen LogP contribution in [0.2, 0.25) is 5.02 Å². The molecule has 1 N–H and O–H groups in total. The van der Waals surface area contributed by atoms with Gasteiger partial charge in [-0.3, -0.25) is 4.98 Å². The smallest absolute Gasteiger partial charge is 0.0957 e. The number of likely N-dealkylation sites (N-methyl/N-ethyl adjacent to an activating group) is 1. The second-order valence-electron chi connectivity index (χ2n) is 4.52. The lowest BCUT2D eigenvalue weighted by molar-refractivity contribution is 0.590. The van der Waals surface area contributed by atoms with E-state index in [1.54, 1.807) is 23.7 Å². The Labute approximate surface area is 126 Å². The molecule has 0 fully saturated rings. The number of hydrogen-bond donors (Lipinski definition) is 1. The molecule has 5 heteroatoms. The first-order chi connectivity index (χ1) is 9.78. The molecule has 2 heterocycles. The Bertz CT molecular complexity index is 693. The fourth-order valence-corrected chi connectivity index (χ4v) is 3.48. The average molecular weight is 304 g/mol. The molecule has 0 aliphatic carbocycles. The van der Waals surface area contributed by atoms with Gasteiger partial charge in [-0.2, -0.15) is 0 Å². The van der Waals surface area contributed by atoms with E-state index >= 15 is 0 Å². The zero-order chi connectivity index (χ0) is 13.9. The largest absolute Gasteiger partial charge is 0.313 e. The number of thiazole rings is 1. The average Bonchev–Trinajstić information content (AvgIpc) is 2.88. The van der Waals surface area contributed by atoms with E-state index in [1.807, 2.05) is 31.3 Å². The molecule has 0 saturated carbocycles. The minimum Gasteiger partial charge on any atom is -0.313 e. The normalized spacial score (nSPS) is 12.7. The molecule has 1 aromatic carbocycles. The minimum atomic E-state index is 0.145. The van der Waals surface area contributed by atoms with Crippen molar-refractivity contribution in [1.82, 2.24) is 15.3 Å². The van der Waals surface area contributed by atoms with Gasteiger partial charge >= 0.3 is 0 Å². The van der Waals surface area contributed by atoms with Crippen molar-refractivity contribution in [2.24, 2.45) is 0 Å². The van der Waals surface area contributed by atoms with E-state index in [1.165, 1.54) is 4.70 Å².